The van der Waals surface area contributed by atoms with Crippen molar-refractivity contribution in [2.75, 3.05) is 26.7 Å². The molecule has 0 aliphatic carbocycles. The van der Waals surface area contributed by atoms with Crippen molar-refractivity contribution in [1.29, 1.82) is 5.41 Å². The molecule has 0 aliphatic rings. The first-order valence-corrected chi connectivity index (χ1v) is 22.8. The van der Waals surface area contributed by atoms with Gasteiger partial charge >= 0.3 is 0 Å². The highest BCUT2D eigenvalue weighted by molar-refractivity contribution is 5.95. The number of guanidine groups is 1. The van der Waals surface area contributed by atoms with Gasteiger partial charge < -0.3 is 49.1 Å². The minimum Gasteiger partial charge on any atom is -0.370 e. The van der Waals surface area contributed by atoms with Gasteiger partial charge in [-0.15, -0.1) is 0 Å². The van der Waals surface area contributed by atoms with Crippen molar-refractivity contribution in [1.82, 2.24) is 31.9 Å². The van der Waals surface area contributed by atoms with Crippen LogP contribution < -0.4 is 49.1 Å². The number of likely N-dealkylation sites (N-methyl/N-ethyl adjacent to an activating group) is 1. The molecule has 15 heteroatoms. The van der Waals surface area contributed by atoms with Crippen molar-refractivity contribution < 1.29 is 24.0 Å². The molecule has 0 saturated carbocycles. The van der Waals surface area contributed by atoms with Gasteiger partial charge in [-0.05, 0) is 83.2 Å². The minimum absolute atomic E-state index is 0.0197. The van der Waals surface area contributed by atoms with Crippen molar-refractivity contribution in [2.24, 2.45) is 23.1 Å². The molecule has 0 radical (unpaired) electrons. The molecular weight excluding hydrogens is 737 g/mol. The zero-order valence-corrected chi connectivity index (χ0v) is 37.0. The maximum Gasteiger partial charge on any atom is 0.243 e. The van der Waals surface area contributed by atoms with Crippen LogP contribution in [0.4, 0.5) is 0 Å². The quantitative estimate of drug-likeness (QED) is 0.0239. The first kappa shape index (κ1) is 54.5. The van der Waals surface area contributed by atoms with E-state index in [0.717, 1.165) is 19.3 Å². The second-order valence-electron chi connectivity index (χ2n) is 16.3. The van der Waals surface area contributed by atoms with Gasteiger partial charge in [-0.2, -0.15) is 0 Å². The number of carbonyl (C=O) groups excluding carboxylic acids is 5. The standard InChI is InChI=1S/C43H86N10O5/c1-5-6-7-8-9-10-11-12-13-14-15-16-17-18-19-28-38(54)50-35(25-20-22-29-44)40(56)52-36(26-21-23-30-45)41(57)53-37(32-33(2)3)42(58)51-34(39(55)48-4)27-24-31-49-43(46)47/h33-37H,5-32,44-45H2,1-4H3,(H,48,55)(H,50,54)(H,51,58)(H,52,56)(H,53,57)(H4,46,47,49)/t34-,35-,36-,37-/m0/s1. The minimum atomic E-state index is -0.974. The predicted octanol–water partition coefficient (Wildman–Crippen LogP) is 4.50. The lowest BCUT2D eigenvalue weighted by atomic mass is 10.0. The summed E-state index contributed by atoms with van der Waals surface area (Å²) in [6.45, 7) is 7.32. The van der Waals surface area contributed by atoms with Crippen LogP contribution in [0.25, 0.3) is 0 Å². The third-order valence-electron chi connectivity index (χ3n) is 10.4. The SMILES string of the molecule is CCCCCCCCCCCCCCCCCC(=O)N[C@@H](CCCCN)C(=O)N[C@@H](CCCCN)C(=O)N[C@@H](CC(C)C)C(=O)N[C@@H](CCCNC(=N)N)C(=O)NC. The van der Waals surface area contributed by atoms with E-state index in [9.17, 15) is 24.0 Å². The van der Waals surface area contributed by atoms with Crippen LogP contribution in [-0.4, -0.2) is 86.3 Å². The summed E-state index contributed by atoms with van der Waals surface area (Å²) in [6, 6.07) is -3.65. The molecule has 5 amide bonds. The molecule has 0 unspecified atom stereocenters. The Morgan fingerprint density at radius 3 is 1.34 bits per heavy atom. The zero-order valence-electron chi connectivity index (χ0n) is 37.0. The highest BCUT2D eigenvalue weighted by Crippen LogP contribution is 2.15. The Morgan fingerprint density at radius 1 is 0.517 bits per heavy atom. The summed E-state index contributed by atoms with van der Waals surface area (Å²) in [5.74, 6) is -2.26. The zero-order chi connectivity index (χ0) is 43.4. The summed E-state index contributed by atoms with van der Waals surface area (Å²) in [7, 11) is 1.48. The summed E-state index contributed by atoms with van der Waals surface area (Å²) < 4.78 is 0. The lowest BCUT2D eigenvalue weighted by Gasteiger charge is -2.27. The second kappa shape index (κ2) is 36.6. The summed E-state index contributed by atoms with van der Waals surface area (Å²) in [4.78, 5) is 66.8. The second-order valence-corrected chi connectivity index (χ2v) is 16.3. The van der Waals surface area contributed by atoms with Crippen LogP contribution >= 0.6 is 0 Å². The highest BCUT2D eigenvalue weighted by Gasteiger charge is 2.31. The van der Waals surface area contributed by atoms with Crippen molar-refractivity contribution in [3.8, 4) is 0 Å². The fraction of sp³-hybridized carbons (Fsp3) is 0.860. The average Bonchev–Trinajstić information content (AvgIpc) is 3.18. The number of rotatable bonds is 38. The Bertz CT molecular complexity index is 1130. The fourth-order valence-electron chi connectivity index (χ4n) is 6.94. The van der Waals surface area contributed by atoms with Crippen LogP contribution in [0, 0.1) is 11.3 Å². The van der Waals surface area contributed by atoms with Gasteiger partial charge in [-0.25, -0.2) is 0 Å². The molecule has 0 saturated heterocycles. The molecular formula is C43H86N10O5. The van der Waals surface area contributed by atoms with Gasteiger partial charge in [0, 0.05) is 20.0 Å². The summed E-state index contributed by atoms with van der Waals surface area (Å²) in [5, 5.41) is 24.0. The number of hydrogen-bond donors (Lipinski definition) is 10. The Labute approximate surface area is 351 Å². The summed E-state index contributed by atoms with van der Waals surface area (Å²) >= 11 is 0. The monoisotopic (exact) mass is 823 g/mol. The average molecular weight is 823 g/mol. The van der Waals surface area contributed by atoms with E-state index in [0.29, 0.717) is 71.0 Å². The molecule has 0 spiro atoms. The lowest BCUT2D eigenvalue weighted by Crippen LogP contribution is -2.58. The van der Waals surface area contributed by atoms with Gasteiger partial charge in [0.2, 0.25) is 29.5 Å². The number of unbranched alkanes of at least 4 members (excludes halogenated alkanes) is 16. The number of nitrogens with one attached hydrogen (secondary N) is 7. The van der Waals surface area contributed by atoms with Crippen LogP contribution in [0.1, 0.15) is 181 Å². The normalized spacial score (nSPS) is 13.2. The first-order valence-electron chi connectivity index (χ1n) is 22.8. The number of carbonyl (C=O) groups is 5. The first-order chi connectivity index (χ1) is 27.9. The van der Waals surface area contributed by atoms with Crippen molar-refractivity contribution >= 4 is 35.5 Å². The van der Waals surface area contributed by atoms with Crippen molar-refractivity contribution in [2.45, 2.75) is 205 Å². The molecule has 13 N–H and O–H groups in total. The Balaban J connectivity index is 5.31. The topological polar surface area (TPSA) is 259 Å². The van der Waals surface area contributed by atoms with E-state index < -0.39 is 41.9 Å². The molecule has 0 aromatic rings. The number of amides is 5. The molecule has 0 rings (SSSR count). The van der Waals surface area contributed by atoms with Gasteiger partial charge in [-0.3, -0.25) is 29.4 Å². The molecule has 0 bridgehead atoms. The van der Waals surface area contributed by atoms with E-state index in [1.807, 2.05) is 13.8 Å². The number of hydrogen-bond acceptors (Lipinski definition) is 8. The molecule has 0 aliphatic heterocycles. The molecule has 0 heterocycles. The molecule has 4 atom stereocenters. The number of nitrogens with two attached hydrogens (primary N) is 3. The van der Waals surface area contributed by atoms with Crippen LogP contribution in [0.5, 0.6) is 0 Å². The third-order valence-corrected chi connectivity index (χ3v) is 10.4. The molecule has 0 fully saturated rings. The van der Waals surface area contributed by atoms with Crippen LogP contribution in [0.2, 0.25) is 0 Å². The van der Waals surface area contributed by atoms with Crippen LogP contribution in [0.3, 0.4) is 0 Å². The molecule has 0 aromatic carbocycles. The predicted molar refractivity (Wildman–Crippen MR) is 236 cm³/mol. The van der Waals surface area contributed by atoms with Crippen LogP contribution in [0.15, 0.2) is 0 Å². The van der Waals surface area contributed by atoms with Crippen molar-refractivity contribution in [3.05, 3.63) is 0 Å². The molecule has 0 aromatic heterocycles. The Hall–Kier alpha value is -3.46. The van der Waals surface area contributed by atoms with Gasteiger partial charge in [-0.1, -0.05) is 111 Å². The summed E-state index contributed by atoms with van der Waals surface area (Å²) in [6.07, 6.45) is 23.1. The van der Waals surface area contributed by atoms with E-state index >= 15 is 0 Å². The largest absolute Gasteiger partial charge is 0.370 e. The van der Waals surface area contributed by atoms with E-state index in [2.05, 4.69) is 38.8 Å². The molecule has 15 nitrogen and oxygen atoms in total. The molecule has 338 valence electrons. The Morgan fingerprint density at radius 2 is 0.914 bits per heavy atom. The Kier molecular flexibility index (Phi) is 34.4. The van der Waals surface area contributed by atoms with E-state index in [-0.39, 0.29) is 36.5 Å². The van der Waals surface area contributed by atoms with Gasteiger partial charge in [0.25, 0.3) is 0 Å². The van der Waals surface area contributed by atoms with Crippen molar-refractivity contribution in [3.63, 3.8) is 0 Å². The fourth-order valence-corrected chi connectivity index (χ4v) is 6.94. The van der Waals surface area contributed by atoms with Gasteiger partial charge in [0.15, 0.2) is 5.96 Å². The van der Waals surface area contributed by atoms with Gasteiger partial charge in [0.1, 0.15) is 24.2 Å². The van der Waals surface area contributed by atoms with E-state index in [4.69, 9.17) is 22.6 Å². The smallest absolute Gasteiger partial charge is 0.243 e. The maximum atomic E-state index is 13.8. The van der Waals surface area contributed by atoms with E-state index in [1.165, 1.54) is 84.1 Å². The molecule has 58 heavy (non-hydrogen) atoms. The summed E-state index contributed by atoms with van der Waals surface area (Å²) in [5.41, 5.74) is 16.8. The third kappa shape index (κ3) is 29.7. The van der Waals surface area contributed by atoms with E-state index in [1.54, 1.807) is 0 Å². The maximum absolute atomic E-state index is 13.8. The van der Waals surface area contributed by atoms with Crippen LogP contribution in [-0.2, 0) is 24.0 Å². The van der Waals surface area contributed by atoms with Gasteiger partial charge in [0.05, 0.1) is 0 Å². The lowest BCUT2D eigenvalue weighted by molar-refractivity contribution is -0.135. The highest BCUT2D eigenvalue weighted by atomic mass is 16.2.